The minimum atomic E-state index is -1.41. The number of nitrogens with zero attached hydrogens (tertiary/aromatic N) is 4. The minimum Gasteiger partial charge on any atom is -0.368 e. The summed E-state index contributed by atoms with van der Waals surface area (Å²) < 4.78 is 26.9. The zero-order valence-corrected chi connectivity index (χ0v) is 16.5. The summed E-state index contributed by atoms with van der Waals surface area (Å²) in [6, 6.07) is 2.69. The first kappa shape index (κ1) is 20.6. The smallest absolute Gasteiger partial charge is 0.322 e. The number of piperazine rings is 1. The van der Waals surface area contributed by atoms with E-state index in [0.29, 0.717) is 37.4 Å². The van der Waals surface area contributed by atoms with Gasteiger partial charge in [-0.05, 0) is 18.6 Å². The third-order valence-corrected chi connectivity index (χ3v) is 5.55. The van der Waals surface area contributed by atoms with E-state index in [9.17, 15) is 23.2 Å². The molecule has 31 heavy (non-hydrogen) atoms. The van der Waals surface area contributed by atoms with Crippen LogP contribution in [0.2, 0.25) is 0 Å². The van der Waals surface area contributed by atoms with Gasteiger partial charge in [0, 0.05) is 62.3 Å². The topological polar surface area (TPSA) is 108 Å². The van der Waals surface area contributed by atoms with E-state index >= 15 is 0 Å². The molecule has 0 saturated carbocycles. The van der Waals surface area contributed by atoms with Crippen molar-refractivity contribution in [1.29, 1.82) is 0 Å². The summed E-state index contributed by atoms with van der Waals surface area (Å²) in [5.41, 5.74) is -0.586. The normalized spacial score (nSPS) is 21.1. The molecule has 2 aliphatic heterocycles. The summed E-state index contributed by atoms with van der Waals surface area (Å²) in [6.07, 6.45) is 4.23. The van der Waals surface area contributed by atoms with Gasteiger partial charge in [0.15, 0.2) is 0 Å². The number of nitrogens with one attached hydrogen (secondary N) is 2. The molecule has 11 heteroatoms. The Hall–Kier alpha value is -3.63. The Kier molecular flexibility index (Phi) is 5.49. The maximum Gasteiger partial charge on any atom is 0.322 e. The number of carbonyl (C=O) groups excluding carboxylic acids is 3. The molecular formula is C20H20F2N6O3. The van der Waals surface area contributed by atoms with Crippen molar-refractivity contribution in [2.75, 3.05) is 31.1 Å². The van der Waals surface area contributed by atoms with Crippen LogP contribution in [-0.2, 0) is 15.1 Å². The van der Waals surface area contributed by atoms with Crippen LogP contribution in [0.25, 0.3) is 0 Å². The minimum absolute atomic E-state index is 0.0111. The summed E-state index contributed by atoms with van der Waals surface area (Å²) in [4.78, 5) is 48.3. The molecule has 162 valence electrons. The summed E-state index contributed by atoms with van der Waals surface area (Å²) in [5, 5.41) is 4.81. The van der Waals surface area contributed by atoms with Gasteiger partial charge in [-0.25, -0.2) is 23.5 Å². The van der Waals surface area contributed by atoms with Crippen molar-refractivity contribution in [2.45, 2.75) is 18.4 Å². The molecule has 1 atom stereocenters. The lowest BCUT2D eigenvalue weighted by atomic mass is 9.87. The highest BCUT2D eigenvalue weighted by atomic mass is 19.1. The van der Waals surface area contributed by atoms with E-state index in [-0.39, 0.29) is 18.7 Å². The lowest BCUT2D eigenvalue weighted by molar-refractivity contribution is -0.132. The van der Waals surface area contributed by atoms with Gasteiger partial charge in [-0.1, -0.05) is 0 Å². The second-order valence-electron chi connectivity index (χ2n) is 7.44. The van der Waals surface area contributed by atoms with Crippen molar-refractivity contribution in [2.24, 2.45) is 0 Å². The second-order valence-corrected chi connectivity index (χ2v) is 7.44. The van der Waals surface area contributed by atoms with Crippen LogP contribution >= 0.6 is 0 Å². The van der Waals surface area contributed by atoms with E-state index in [1.165, 1.54) is 30.9 Å². The molecule has 0 radical (unpaired) electrons. The summed E-state index contributed by atoms with van der Waals surface area (Å²) in [6.45, 7) is 1.58. The Morgan fingerprint density at radius 2 is 1.68 bits per heavy atom. The molecule has 0 aliphatic carbocycles. The molecule has 0 spiro atoms. The lowest BCUT2D eigenvalue weighted by Gasteiger charge is -2.36. The number of aromatic nitrogens is 2. The predicted octanol–water partition coefficient (Wildman–Crippen LogP) is 0.918. The van der Waals surface area contributed by atoms with E-state index in [4.69, 9.17) is 0 Å². The van der Waals surface area contributed by atoms with Crippen molar-refractivity contribution < 1.29 is 23.2 Å². The van der Waals surface area contributed by atoms with Crippen molar-refractivity contribution in [3.8, 4) is 0 Å². The number of amides is 4. The molecule has 1 aromatic carbocycles. The average Bonchev–Trinajstić information content (AvgIpc) is 3.06. The molecule has 2 aliphatic rings. The first-order valence-corrected chi connectivity index (χ1v) is 9.75. The van der Waals surface area contributed by atoms with Gasteiger partial charge in [0.2, 0.25) is 5.91 Å². The number of imide groups is 1. The molecule has 2 fully saturated rings. The molecule has 2 N–H and O–H groups in total. The standard InChI is InChI=1S/C20H20F2N6O3/c21-14-7-15(22)9-16(8-14)27-3-5-28(6-4-27)17(29)1-2-20(13-10-23-12-24-11-13)18(30)25-19(31)26-20/h7-12H,1-6H2,(H2,25,26,30,31). The molecule has 1 unspecified atom stereocenters. The maximum atomic E-state index is 13.5. The SMILES string of the molecule is O=C1NC(=O)C(CCC(=O)N2CCN(c3cc(F)cc(F)c3)CC2)(c2cncnc2)N1. The van der Waals surface area contributed by atoms with Gasteiger partial charge in [-0.15, -0.1) is 0 Å². The van der Waals surface area contributed by atoms with E-state index in [2.05, 4.69) is 20.6 Å². The van der Waals surface area contributed by atoms with Gasteiger partial charge in [0.1, 0.15) is 23.5 Å². The summed E-state index contributed by atoms with van der Waals surface area (Å²) in [7, 11) is 0. The van der Waals surface area contributed by atoms with Crippen LogP contribution in [0.15, 0.2) is 36.9 Å². The Balaban J connectivity index is 1.39. The second kappa shape index (κ2) is 8.25. The van der Waals surface area contributed by atoms with Crippen LogP contribution in [0, 0.1) is 11.6 Å². The average molecular weight is 430 g/mol. The number of anilines is 1. The van der Waals surface area contributed by atoms with Crippen molar-refractivity contribution >= 4 is 23.5 Å². The largest absolute Gasteiger partial charge is 0.368 e. The highest BCUT2D eigenvalue weighted by Crippen LogP contribution is 2.29. The van der Waals surface area contributed by atoms with E-state index in [1.54, 1.807) is 4.90 Å². The van der Waals surface area contributed by atoms with Gasteiger partial charge < -0.3 is 15.1 Å². The van der Waals surface area contributed by atoms with Crippen LogP contribution in [-0.4, -0.2) is 58.9 Å². The van der Waals surface area contributed by atoms with Crippen LogP contribution in [0.4, 0.5) is 19.3 Å². The zero-order chi connectivity index (χ0) is 22.0. The molecule has 4 rings (SSSR count). The number of hydrogen-bond acceptors (Lipinski definition) is 6. The number of halogens is 2. The zero-order valence-electron chi connectivity index (χ0n) is 16.5. The van der Waals surface area contributed by atoms with Crippen LogP contribution < -0.4 is 15.5 Å². The molecular weight excluding hydrogens is 410 g/mol. The third kappa shape index (κ3) is 4.16. The molecule has 2 aromatic rings. The number of urea groups is 1. The lowest BCUT2D eigenvalue weighted by Crippen LogP contribution is -2.50. The van der Waals surface area contributed by atoms with Crippen molar-refractivity contribution in [3.63, 3.8) is 0 Å². The fourth-order valence-corrected chi connectivity index (χ4v) is 3.92. The fourth-order valence-electron chi connectivity index (χ4n) is 3.92. The van der Waals surface area contributed by atoms with Crippen molar-refractivity contribution in [3.05, 3.63) is 54.1 Å². The highest BCUT2D eigenvalue weighted by molar-refractivity contribution is 6.07. The summed E-state index contributed by atoms with van der Waals surface area (Å²) in [5.74, 6) is -2.05. The summed E-state index contributed by atoms with van der Waals surface area (Å²) >= 11 is 0. The van der Waals surface area contributed by atoms with Crippen molar-refractivity contribution in [1.82, 2.24) is 25.5 Å². The van der Waals surface area contributed by atoms with Gasteiger partial charge in [-0.2, -0.15) is 0 Å². The predicted molar refractivity (Wildman–Crippen MR) is 105 cm³/mol. The molecule has 9 nitrogen and oxygen atoms in total. The van der Waals surface area contributed by atoms with Gasteiger partial charge in [-0.3, -0.25) is 14.9 Å². The van der Waals surface area contributed by atoms with Crippen LogP contribution in [0.1, 0.15) is 18.4 Å². The molecule has 0 bridgehead atoms. The Bertz CT molecular complexity index is 993. The van der Waals surface area contributed by atoms with E-state index < -0.39 is 29.1 Å². The first-order chi connectivity index (χ1) is 14.9. The quantitative estimate of drug-likeness (QED) is 0.683. The molecule has 1 aromatic heterocycles. The van der Waals surface area contributed by atoms with Crippen LogP contribution in [0.3, 0.4) is 0 Å². The van der Waals surface area contributed by atoms with Gasteiger partial charge in [0.25, 0.3) is 5.91 Å². The number of benzene rings is 1. The molecule has 2 saturated heterocycles. The maximum absolute atomic E-state index is 13.5. The molecule has 3 heterocycles. The fraction of sp³-hybridized carbons (Fsp3) is 0.350. The number of rotatable bonds is 5. The number of hydrogen-bond donors (Lipinski definition) is 2. The highest BCUT2D eigenvalue weighted by Gasteiger charge is 2.48. The Morgan fingerprint density at radius 1 is 1.03 bits per heavy atom. The first-order valence-electron chi connectivity index (χ1n) is 9.75. The van der Waals surface area contributed by atoms with E-state index in [0.717, 1.165) is 6.07 Å². The third-order valence-electron chi connectivity index (χ3n) is 5.55. The number of carbonyl (C=O) groups is 3. The van der Waals surface area contributed by atoms with E-state index in [1.807, 2.05) is 4.90 Å². The Labute approximate surface area is 176 Å². The monoisotopic (exact) mass is 430 g/mol. The molecule has 4 amide bonds. The van der Waals surface area contributed by atoms with Gasteiger partial charge >= 0.3 is 6.03 Å². The Morgan fingerprint density at radius 3 is 2.26 bits per heavy atom. The van der Waals surface area contributed by atoms with Crippen LogP contribution in [0.5, 0.6) is 0 Å². The van der Waals surface area contributed by atoms with Gasteiger partial charge in [0.05, 0.1) is 0 Å².